The van der Waals surface area contributed by atoms with E-state index in [1.165, 1.54) is 225 Å². The van der Waals surface area contributed by atoms with Gasteiger partial charge < -0.3 is 65.1 Å². The molecule has 0 radical (unpaired) electrons. The van der Waals surface area contributed by atoms with E-state index in [0.29, 0.717) is 6.42 Å². The van der Waals surface area contributed by atoms with Crippen molar-refractivity contribution in [1.29, 1.82) is 0 Å². The first kappa shape index (κ1) is 91.0. The molecular formula is C84H149NO13. The van der Waals surface area contributed by atoms with E-state index in [0.717, 1.165) is 83.5 Å². The maximum Gasteiger partial charge on any atom is 0.220 e. The van der Waals surface area contributed by atoms with Gasteiger partial charge in [0.25, 0.3) is 0 Å². The van der Waals surface area contributed by atoms with Crippen LogP contribution in [0.25, 0.3) is 0 Å². The first-order valence-electron chi connectivity index (χ1n) is 40.5. The van der Waals surface area contributed by atoms with Crippen LogP contribution in [0.15, 0.2) is 97.2 Å². The Morgan fingerprint density at radius 3 is 1.08 bits per heavy atom. The minimum Gasteiger partial charge on any atom is -0.394 e. The number of allylic oxidation sites excluding steroid dienone is 15. The number of amides is 1. The molecule has 2 fully saturated rings. The molecule has 0 saturated carbocycles. The molecule has 2 saturated heterocycles. The van der Waals surface area contributed by atoms with E-state index in [2.05, 4.69) is 104 Å². The third kappa shape index (κ3) is 49.5. The molecule has 568 valence electrons. The van der Waals surface area contributed by atoms with Crippen LogP contribution >= 0.6 is 0 Å². The van der Waals surface area contributed by atoms with Crippen LogP contribution in [0.4, 0.5) is 0 Å². The van der Waals surface area contributed by atoms with Crippen LogP contribution in [-0.2, 0) is 23.7 Å². The van der Waals surface area contributed by atoms with Gasteiger partial charge in [0.1, 0.15) is 48.8 Å². The van der Waals surface area contributed by atoms with Crippen molar-refractivity contribution in [3.05, 3.63) is 97.2 Å². The molecule has 0 aromatic carbocycles. The number of aliphatic hydroxyl groups is 8. The summed E-state index contributed by atoms with van der Waals surface area (Å²) in [7, 11) is 0. The van der Waals surface area contributed by atoms with Crippen molar-refractivity contribution in [2.45, 2.75) is 408 Å². The molecule has 2 rings (SSSR count). The van der Waals surface area contributed by atoms with E-state index in [4.69, 9.17) is 18.9 Å². The lowest BCUT2D eigenvalue weighted by Gasteiger charge is -2.46. The van der Waals surface area contributed by atoms with Crippen LogP contribution < -0.4 is 5.32 Å². The number of hydrogen-bond acceptors (Lipinski definition) is 13. The molecule has 0 aromatic rings. The summed E-state index contributed by atoms with van der Waals surface area (Å²) in [5, 5.41) is 87.7. The average molecular weight is 1380 g/mol. The van der Waals surface area contributed by atoms with Crippen molar-refractivity contribution < 1.29 is 64.6 Å². The minimum atomic E-state index is -1.79. The molecule has 1 amide bonds. The number of ether oxygens (including phenoxy) is 4. The maximum absolute atomic E-state index is 13.4. The first-order valence-corrected chi connectivity index (χ1v) is 40.5. The van der Waals surface area contributed by atoms with Gasteiger partial charge in [0, 0.05) is 6.42 Å². The summed E-state index contributed by atoms with van der Waals surface area (Å²) < 4.78 is 22.9. The zero-order valence-corrected chi connectivity index (χ0v) is 62.3. The van der Waals surface area contributed by atoms with Crippen LogP contribution in [0.3, 0.4) is 0 Å². The highest BCUT2D eigenvalue weighted by Gasteiger charge is 2.51. The highest BCUT2D eigenvalue weighted by atomic mass is 16.7. The van der Waals surface area contributed by atoms with Gasteiger partial charge in [-0.1, -0.05) is 349 Å². The van der Waals surface area contributed by atoms with Crippen LogP contribution in [0.1, 0.15) is 335 Å². The number of aliphatic hydroxyl groups excluding tert-OH is 8. The third-order valence-electron chi connectivity index (χ3n) is 19.3. The number of rotatable bonds is 67. The van der Waals surface area contributed by atoms with Crippen molar-refractivity contribution >= 4 is 5.91 Å². The topological polar surface area (TPSA) is 228 Å². The van der Waals surface area contributed by atoms with Gasteiger partial charge in [0.15, 0.2) is 12.6 Å². The molecule has 2 aliphatic rings. The standard InChI is InChI=1S/C84H149NO13/c1-3-5-7-9-11-13-15-17-19-21-23-25-27-29-30-31-32-33-34-35-36-37-38-39-40-41-42-44-46-48-50-52-54-56-58-60-62-64-66-68-76(89)85-72(71-95-83-81(94)79(92)82(75(70-87)97-83)98-84-80(93)78(91)77(90)74(69-86)96-84)73(88)67-65-63-61-59-57-55-53-51-49-47-45-43-28-26-24-22-20-18-16-14-12-10-8-6-4-2/h5,7,11,13,17,19,23,25,29-30,32-33,35-36,65,67,72-75,77-84,86-88,90-94H,3-4,6,8-10,12,14-16,18,20-22,24,26-28,31,34,37-64,66,68-71H2,1-2H3,(H,85,89)/b7-5-,13-11-,19-17-,25-23-,30-29-,33-32-,36-35-,67-65+. The van der Waals surface area contributed by atoms with E-state index < -0.39 is 86.8 Å². The van der Waals surface area contributed by atoms with Crippen LogP contribution in [0.5, 0.6) is 0 Å². The van der Waals surface area contributed by atoms with Crippen LogP contribution in [-0.4, -0.2) is 140 Å². The normalized spacial score (nSPS) is 22.6. The van der Waals surface area contributed by atoms with E-state index in [9.17, 15) is 45.6 Å². The Labute approximate surface area is 598 Å². The third-order valence-corrected chi connectivity index (χ3v) is 19.3. The Morgan fingerprint density at radius 1 is 0.378 bits per heavy atom. The van der Waals surface area contributed by atoms with Gasteiger partial charge in [-0.25, -0.2) is 0 Å². The lowest BCUT2D eigenvalue weighted by atomic mass is 9.97. The minimum absolute atomic E-state index is 0.236. The quantitative estimate of drug-likeness (QED) is 0.0204. The van der Waals surface area contributed by atoms with Crippen LogP contribution in [0.2, 0.25) is 0 Å². The molecule has 9 N–H and O–H groups in total. The molecule has 2 aliphatic heterocycles. The smallest absolute Gasteiger partial charge is 0.220 e. The maximum atomic E-state index is 13.4. The fourth-order valence-electron chi connectivity index (χ4n) is 12.9. The number of carbonyl (C=O) groups excluding carboxylic acids is 1. The highest BCUT2D eigenvalue weighted by Crippen LogP contribution is 2.30. The molecule has 12 unspecified atom stereocenters. The van der Waals surface area contributed by atoms with Gasteiger partial charge in [-0.2, -0.15) is 0 Å². The van der Waals surface area contributed by atoms with Gasteiger partial charge in [-0.15, -0.1) is 0 Å². The lowest BCUT2D eigenvalue weighted by molar-refractivity contribution is -0.359. The summed E-state index contributed by atoms with van der Waals surface area (Å²) in [5.74, 6) is -0.236. The Kier molecular flexibility index (Phi) is 62.3. The van der Waals surface area contributed by atoms with Crippen LogP contribution in [0, 0.1) is 0 Å². The molecule has 98 heavy (non-hydrogen) atoms. The second-order valence-electron chi connectivity index (χ2n) is 28.2. The Bertz CT molecular complexity index is 2020. The van der Waals surface area contributed by atoms with Gasteiger partial charge in [-0.05, 0) is 77.0 Å². The Hall–Kier alpha value is -3.09. The highest BCUT2D eigenvalue weighted by molar-refractivity contribution is 5.76. The Morgan fingerprint density at radius 2 is 0.704 bits per heavy atom. The first-order chi connectivity index (χ1) is 48.1. The molecular weight excluding hydrogens is 1230 g/mol. The molecule has 12 atom stereocenters. The summed E-state index contributed by atoms with van der Waals surface area (Å²) in [6.45, 7) is 2.73. The zero-order valence-electron chi connectivity index (χ0n) is 62.3. The van der Waals surface area contributed by atoms with Gasteiger partial charge in [0.05, 0.1) is 32.0 Å². The van der Waals surface area contributed by atoms with Crippen molar-refractivity contribution in [3.8, 4) is 0 Å². The SMILES string of the molecule is CC/C=C\C/C=C\C/C=C\C/C=C\C/C=C\C/C=C\C/C=C\CCCCCCCCCCCCCCCCCCCC(=O)NC(COC1OC(CO)C(OC2OC(CO)C(O)C(O)C2O)C(O)C1O)C(O)/C=C/CCCCCCCCCCCCCCCCCCCCCCCCC. The summed E-state index contributed by atoms with van der Waals surface area (Å²) in [6.07, 6.45) is 79.1. The van der Waals surface area contributed by atoms with Gasteiger partial charge in [-0.3, -0.25) is 4.79 Å². The second-order valence-corrected chi connectivity index (χ2v) is 28.2. The van der Waals surface area contributed by atoms with Crippen molar-refractivity contribution in [2.24, 2.45) is 0 Å². The number of hydrogen-bond donors (Lipinski definition) is 9. The summed E-state index contributed by atoms with van der Waals surface area (Å²) in [5.41, 5.74) is 0. The molecule has 14 heteroatoms. The predicted molar refractivity (Wildman–Crippen MR) is 406 cm³/mol. The lowest BCUT2D eigenvalue weighted by Crippen LogP contribution is -2.65. The molecule has 2 heterocycles. The summed E-state index contributed by atoms with van der Waals surface area (Å²) >= 11 is 0. The molecule has 14 nitrogen and oxygen atoms in total. The number of nitrogens with one attached hydrogen (secondary N) is 1. The predicted octanol–water partition coefficient (Wildman–Crippen LogP) is 18.5. The fraction of sp³-hybridized carbons (Fsp3) is 0.798. The van der Waals surface area contributed by atoms with Crippen molar-refractivity contribution in [1.82, 2.24) is 5.32 Å². The largest absolute Gasteiger partial charge is 0.394 e. The molecule has 0 aliphatic carbocycles. The van der Waals surface area contributed by atoms with E-state index >= 15 is 0 Å². The Balaban J connectivity index is 1.60. The number of carbonyl (C=O) groups is 1. The summed E-state index contributed by atoms with van der Waals surface area (Å²) in [4.78, 5) is 13.4. The zero-order chi connectivity index (χ0) is 70.8. The van der Waals surface area contributed by atoms with Crippen molar-refractivity contribution in [3.63, 3.8) is 0 Å². The van der Waals surface area contributed by atoms with E-state index in [-0.39, 0.29) is 18.9 Å². The van der Waals surface area contributed by atoms with Crippen molar-refractivity contribution in [2.75, 3.05) is 19.8 Å². The molecule has 0 aromatic heterocycles. The fourth-order valence-corrected chi connectivity index (χ4v) is 12.9. The summed E-state index contributed by atoms with van der Waals surface area (Å²) in [6, 6.07) is -0.920. The molecule has 0 bridgehead atoms. The van der Waals surface area contributed by atoms with Gasteiger partial charge in [0.2, 0.25) is 5.91 Å². The second kappa shape index (κ2) is 67.1. The average Bonchev–Trinajstić information content (AvgIpc) is 0.793. The monoisotopic (exact) mass is 1380 g/mol. The van der Waals surface area contributed by atoms with Gasteiger partial charge >= 0.3 is 0 Å². The van der Waals surface area contributed by atoms with E-state index in [1.54, 1.807) is 6.08 Å². The van der Waals surface area contributed by atoms with E-state index in [1.807, 2.05) is 6.08 Å². The number of unbranched alkanes of at least 4 members (excludes halogenated alkanes) is 40. The molecule has 0 spiro atoms.